The lowest BCUT2D eigenvalue weighted by molar-refractivity contribution is -0.121. The molecule has 0 aliphatic carbocycles. The Kier molecular flexibility index (Phi) is 10.6. The van der Waals surface area contributed by atoms with Crippen molar-refractivity contribution in [2.75, 3.05) is 19.7 Å². The number of hydrogen-bond donors (Lipinski definition) is 2. The molecule has 1 aliphatic heterocycles. The van der Waals surface area contributed by atoms with E-state index in [0.717, 1.165) is 43.9 Å². The van der Waals surface area contributed by atoms with E-state index in [9.17, 15) is 4.79 Å². The molecule has 0 bridgehead atoms. The van der Waals surface area contributed by atoms with Gasteiger partial charge in [-0.25, -0.2) is 0 Å². The number of carbonyl (C=O) groups is 1. The molecule has 1 saturated heterocycles. The molecule has 4 nitrogen and oxygen atoms in total. The molecule has 1 heterocycles. The zero-order valence-electron chi connectivity index (χ0n) is 15.6. The van der Waals surface area contributed by atoms with Gasteiger partial charge in [-0.1, -0.05) is 31.9 Å². The number of amides is 1. The molecular weight excluding hydrogens is 336 g/mol. The minimum absolute atomic E-state index is 0. The molecule has 1 amide bonds. The van der Waals surface area contributed by atoms with Crippen molar-refractivity contribution in [3.8, 4) is 5.75 Å². The summed E-state index contributed by atoms with van der Waals surface area (Å²) in [6.07, 6.45) is 6.25. The number of benzene rings is 1. The van der Waals surface area contributed by atoms with Crippen molar-refractivity contribution in [2.45, 2.75) is 58.9 Å². The Labute approximate surface area is 158 Å². The Morgan fingerprint density at radius 2 is 2.20 bits per heavy atom. The lowest BCUT2D eigenvalue weighted by Gasteiger charge is -2.14. The molecule has 1 aliphatic rings. The Hall–Kier alpha value is -1.26. The quantitative estimate of drug-likeness (QED) is 0.614. The highest BCUT2D eigenvalue weighted by Gasteiger charge is 2.15. The SMILES string of the molecule is CCCCCOc1cc(C)ccc1CNC(=O)CCC1CCNC1.Cl. The van der Waals surface area contributed by atoms with E-state index < -0.39 is 0 Å². The summed E-state index contributed by atoms with van der Waals surface area (Å²) in [6.45, 7) is 7.69. The van der Waals surface area contributed by atoms with Crippen molar-refractivity contribution in [1.82, 2.24) is 10.6 Å². The summed E-state index contributed by atoms with van der Waals surface area (Å²) in [5.74, 6) is 1.71. The highest BCUT2D eigenvalue weighted by atomic mass is 35.5. The van der Waals surface area contributed by atoms with E-state index in [0.29, 0.717) is 18.9 Å². The normalized spacial score (nSPS) is 16.3. The molecular formula is C20H33ClN2O2. The molecule has 1 atom stereocenters. The highest BCUT2D eigenvalue weighted by Crippen LogP contribution is 2.21. The first kappa shape index (κ1) is 21.8. The van der Waals surface area contributed by atoms with Crippen LogP contribution in [-0.2, 0) is 11.3 Å². The summed E-state index contributed by atoms with van der Waals surface area (Å²) < 4.78 is 5.93. The van der Waals surface area contributed by atoms with E-state index in [-0.39, 0.29) is 18.3 Å². The number of ether oxygens (including phenoxy) is 1. The van der Waals surface area contributed by atoms with Crippen LogP contribution in [0.5, 0.6) is 5.75 Å². The van der Waals surface area contributed by atoms with Gasteiger partial charge in [-0.15, -0.1) is 12.4 Å². The Balaban J connectivity index is 0.00000312. The maximum absolute atomic E-state index is 12.1. The Morgan fingerprint density at radius 1 is 1.36 bits per heavy atom. The van der Waals surface area contributed by atoms with Gasteiger partial charge < -0.3 is 15.4 Å². The third kappa shape index (κ3) is 8.10. The minimum Gasteiger partial charge on any atom is -0.493 e. The van der Waals surface area contributed by atoms with E-state index >= 15 is 0 Å². The predicted octanol–water partition coefficient (Wildman–Crippen LogP) is 3.99. The topological polar surface area (TPSA) is 50.4 Å². The molecule has 2 N–H and O–H groups in total. The van der Waals surface area contributed by atoms with Crippen molar-refractivity contribution in [3.63, 3.8) is 0 Å². The van der Waals surface area contributed by atoms with Crippen molar-refractivity contribution in [1.29, 1.82) is 0 Å². The van der Waals surface area contributed by atoms with Crippen LogP contribution in [0.4, 0.5) is 0 Å². The average Bonchev–Trinajstić information content (AvgIpc) is 3.09. The van der Waals surface area contributed by atoms with Gasteiger partial charge in [0, 0.05) is 18.5 Å². The van der Waals surface area contributed by atoms with Crippen LogP contribution in [0.2, 0.25) is 0 Å². The second kappa shape index (κ2) is 12.2. The van der Waals surface area contributed by atoms with Crippen LogP contribution in [0.15, 0.2) is 18.2 Å². The maximum Gasteiger partial charge on any atom is 0.220 e. The fraction of sp³-hybridized carbons (Fsp3) is 0.650. The van der Waals surface area contributed by atoms with Gasteiger partial charge in [0.25, 0.3) is 0 Å². The zero-order chi connectivity index (χ0) is 17.2. The first-order chi connectivity index (χ1) is 11.7. The molecule has 1 aromatic rings. The average molecular weight is 369 g/mol. The van der Waals surface area contributed by atoms with Crippen molar-refractivity contribution in [3.05, 3.63) is 29.3 Å². The van der Waals surface area contributed by atoms with Crippen LogP contribution in [-0.4, -0.2) is 25.6 Å². The first-order valence-corrected chi connectivity index (χ1v) is 9.38. The van der Waals surface area contributed by atoms with Gasteiger partial charge in [0.05, 0.1) is 6.61 Å². The zero-order valence-corrected chi connectivity index (χ0v) is 16.4. The van der Waals surface area contributed by atoms with E-state index in [1.54, 1.807) is 0 Å². The van der Waals surface area contributed by atoms with E-state index in [1.807, 2.05) is 0 Å². The molecule has 142 valence electrons. The summed E-state index contributed by atoms with van der Waals surface area (Å²) in [6, 6.07) is 6.20. The molecule has 0 radical (unpaired) electrons. The lowest BCUT2D eigenvalue weighted by atomic mass is 10.0. The van der Waals surface area contributed by atoms with Crippen LogP contribution in [0.25, 0.3) is 0 Å². The molecule has 25 heavy (non-hydrogen) atoms. The molecule has 1 aromatic carbocycles. The smallest absolute Gasteiger partial charge is 0.220 e. The largest absolute Gasteiger partial charge is 0.493 e. The standard InChI is InChI=1S/C20H32N2O2.ClH/c1-3-4-5-12-24-19-13-16(2)6-8-18(19)15-22-20(23)9-7-17-10-11-21-14-17;/h6,8,13,17,21H,3-5,7,9-12,14-15H2,1-2H3,(H,22,23);1H. The lowest BCUT2D eigenvalue weighted by Crippen LogP contribution is -2.24. The van der Waals surface area contributed by atoms with Gasteiger partial charge in [-0.05, 0) is 56.8 Å². The second-order valence-corrected chi connectivity index (χ2v) is 6.84. The van der Waals surface area contributed by atoms with Crippen molar-refractivity contribution < 1.29 is 9.53 Å². The summed E-state index contributed by atoms with van der Waals surface area (Å²) in [7, 11) is 0. The van der Waals surface area contributed by atoms with E-state index in [1.165, 1.54) is 24.8 Å². The number of aryl methyl sites for hydroxylation is 1. The number of unbranched alkanes of at least 4 members (excludes halogenated alkanes) is 2. The fourth-order valence-corrected chi connectivity index (χ4v) is 3.05. The Bertz CT molecular complexity index is 516. The van der Waals surface area contributed by atoms with Gasteiger partial charge in [0.1, 0.15) is 5.75 Å². The molecule has 5 heteroatoms. The van der Waals surface area contributed by atoms with Crippen LogP contribution in [0, 0.1) is 12.8 Å². The molecule has 1 fully saturated rings. The first-order valence-electron chi connectivity index (χ1n) is 9.38. The van der Waals surface area contributed by atoms with E-state index in [2.05, 4.69) is 42.7 Å². The molecule has 2 rings (SSSR count). The number of halogens is 1. The summed E-state index contributed by atoms with van der Waals surface area (Å²) in [4.78, 5) is 12.1. The summed E-state index contributed by atoms with van der Waals surface area (Å²) in [5.41, 5.74) is 2.25. The molecule has 0 saturated carbocycles. The predicted molar refractivity (Wildman–Crippen MR) is 106 cm³/mol. The monoisotopic (exact) mass is 368 g/mol. The fourth-order valence-electron chi connectivity index (χ4n) is 3.05. The number of carbonyl (C=O) groups excluding carboxylic acids is 1. The van der Waals surface area contributed by atoms with Crippen LogP contribution < -0.4 is 15.4 Å². The van der Waals surface area contributed by atoms with Gasteiger partial charge in [0.15, 0.2) is 0 Å². The summed E-state index contributed by atoms with van der Waals surface area (Å²) >= 11 is 0. The molecule has 0 spiro atoms. The van der Waals surface area contributed by atoms with Gasteiger partial charge in [-0.2, -0.15) is 0 Å². The van der Waals surface area contributed by atoms with Gasteiger partial charge in [0.2, 0.25) is 5.91 Å². The number of nitrogens with one attached hydrogen (secondary N) is 2. The van der Waals surface area contributed by atoms with Gasteiger partial charge >= 0.3 is 0 Å². The van der Waals surface area contributed by atoms with Crippen molar-refractivity contribution >= 4 is 18.3 Å². The number of hydrogen-bond acceptors (Lipinski definition) is 3. The third-order valence-corrected chi connectivity index (χ3v) is 4.65. The number of rotatable bonds is 10. The van der Waals surface area contributed by atoms with Crippen molar-refractivity contribution in [2.24, 2.45) is 5.92 Å². The van der Waals surface area contributed by atoms with Crippen LogP contribution in [0.3, 0.4) is 0 Å². The third-order valence-electron chi connectivity index (χ3n) is 4.65. The highest BCUT2D eigenvalue weighted by molar-refractivity contribution is 5.85. The van der Waals surface area contributed by atoms with Gasteiger partial charge in [-0.3, -0.25) is 4.79 Å². The maximum atomic E-state index is 12.1. The Morgan fingerprint density at radius 3 is 2.92 bits per heavy atom. The summed E-state index contributed by atoms with van der Waals surface area (Å²) in [5, 5.41) is 6.39. The second-order valence-electron chi connectivity index (χ2n) is 6.84. The molecule has 0 aromatic heterocycles. The minimum atomic E-state index is 0. The molecule has 1 unspecified atom stereocenters. The van der Waals surface area contributed by atoms with E-state index in [4.69, 9.17) is 4.74 Å². The van der Waals surface area contributed by atoms with Crippen LogP contribution >= 0.6 is 12.4 Å². The van der Waals surface area contributed by atoms with Crippen LogP contribution in [0.1, 0.15) is 56.6 Å².